The molecular formula is C24H40N4O6. The predicted octanol–water partition coefficient (Wildman–Crippen LogP) is -0.647. The first kappa shape index (κ1) is 25.3. The topological polar surface area (TPSA) is 120 Å². The van der Waals surface area contributed by atoms with Gasteiger partial charge < -0.3 is 30.1 Å². The standard InChI is InChI=1S/C24H40N4O6/c1-5-15(2)16(14-29)28-19(21(31)26-8-9-27-10-12-33-13-11-27)24-7-6-23(3,34-24)17(20(30)25-4)18(24)22(28)32/h15-19,29H,5-14H2,1-4H3,(H,25,30)(H,26,31)/t15-,16-,17+,18-,19?,23-,24?/m0/s1. The lowest BCUT2D eigenvalue weighted by Gasteiger charge is -2.39. The molecule has 192 valence electrons. The van der Waals surface area contributed by atoms with E-state index in [9.17, 15) is 19.5 Å². The third-order valence-electron chi connectivity index (χ3n) is 8.67. The van der Waals surface area contributed by atoms with Gasteiger partial charge in [-0.25, -0.2) is 0 Å². The van der Waals surface area contributed by atoms with E-state index in [1.807, 2.05) is 20.8 Å². The van der Waals surface area contributed by atoms with E-state index in [2.05, 4.69) is 15.5 Å². The Morgan fingerprint density at radius 3 is 2.56 bits per heavy atom. The number of carbonyl (C=O) groups excluding carboxylic acids is 3. The molecule has 4 aliphatic heterocycles. The predicted molar refractivity (Wildman–Crippen MR) is 124 cm³/mol. The van der Waals surface area contributed by atoms with E-state index < -0.39 is 35.1 Å². The van der Waals surface area contributed by atoms with Gasteiger partial charge in [0.05, 0.1) is 43.3 Å². The molecule has 4 rings (SSSR count). The van der Waals surface area contributed by atoms with Crippen molar-refractivity contribution in [3.63, 3.8) is 0 Å². The van der Waals surface area contributed by atoms with E-state index in [1.54, 1.807) is 11.9 Å². The van der Waals surface area contributed by atoms with Crippen LogP contribution >= 0.6 is 0 Å². The second-order valence-corrected chi connectivity index (χ2v) is 10.5. The highest BCUT2D eigenvalue weighted by molar-refractivity contribution is 5.99. The van der Waals surface area contributed by atoms with Crippen LogP contribution in [0.15, 0.2) is 0 Å². The minimum atomic E-state index is -1.06. The smallest absolute Gasteiger partial charge is 0.245 e. The molecule has 7 atom stereocenters. The van der Waals surface area contributed by atoms with Gasteiger partial charge in [-0.15, -0.1) is 0 Å². The van der Waals surface area contributed by atoms with Gasteiger partial charge in [0.1, 0.15) is 11.6 Å². The van der Waals surface area contributed by atoms with Crippen molar-refractivity contribution in [3.05, 3.63) is 0 Å². The zero-order valence-electron chi connectivity index (χ0n) is 20.8. The lowest BCUT2D eigenvalue weighted by molar-refractivity contribution is -0.151. The van der Waals surface area contributed by atoms with Crippen molar-refractivity contribution in [1.29, 1.82) is 0 Å². The summed E-state index contributed by atoms with van der Waals surface area (Å²) in [5.41, 5.74) is -1.85. The first-order valence-electron chi connectivity index (χ1n) is 12.7. The van der Waals surface area contributed by atoms with Gasteiger partial charge in [0.25, 0.3) is 0 Å². The second-order valence-electron chi connectivity index (χ2n) is 10.5. The summed E-state index contributed by atoms with van der Waals surface area (Å²) in [6, 6.07) is -1.40. The SMILES string of the molecule is CC[C@H](C)[C@H](CO)N1C(=O)[C@@H]2[C@H](C(=O)NC)[C@]3(C)CCC2(O3)C1C(=O)NCCN1CCOCC1. The average Bonchev–Trinajstić information content (AvgIpc) is 3.40. The molecule has 10 heteroatoms. The van der Waals surface area contributed by atoms with Crippen LogP contribution in [-0.4, -0.2) is 109 Å². The number of nitrogens with zero attached hydrogens (tertiary/aromatic N) is 2. The van der Waals surface area contributed by atoms with Crippen molar-refractivity contribution in [1.82, 2.24) is 20.4 Å². The van der Waals surface area contributed by atoms with Crippen molar-refractivity contribution in [2.45, 2.75) is 63.3 Å². The van der Waals surface area contributed by atoms with Crippen LogP contribution < -0.4 is 10.6 Å². The van der Waals surface area contributed by atoms with Gasteiger partial charge in [0, 0.05) is 33.2 Å². The fourth-order valence-corrected chi connectivity index (χ4v) is 6.65. The van der Waals surface area contributed by atoms with Crippen LogP contribution in [0.2, 0.25) is 0 Å². The summed E-state index contributed by atoms with van der Waals surface area (Å²) in [4.78, 5) is 44.4. The molecule has 0 aromatic rings. The third-order valence-corrected chi connectivity index (χ3v) is 8.67. The Kier molecular flexibility index (Phi) is 7.24. The number of morpholine rings is 1. The zero-order valence-corrected chi connectivity index (χ0v) is 20.8. The van der Waals surface area contributed by atoms with Gasteiger partial charge in [0.2, 0.25) is 17.7 Å². The fraction of sp³-hybridized carbons (Fsp3) is 0.875. The highest BCUT2D eigenvalue weighted by atomic mass is 16.5. The fourth-order valence-electron chi connectivity index (χ4n) is 6.65. The van der Waals surface area contributed by atoms with E-state index in [4.69, 9.17) is 9.47 Å². The van der Waals surface area contributed by atoms with Crippen LogP contribution in [0, 0.1) is 17.8 Å². The molecule has 4 heterocycles. The van der Waals surface area contributed by atoms with Crippen molar-refractivity contribution >= 4 is 17.7 Å². The van der Waals surface area contributed by atoms with Crippen LogP contribution in [0.25, 0.3) is 0 Å². The molecule has 34 heavy (non-hydrogen) atoms. The Labute approximate surface area is 201 Å². The molecule has 2 unspecified atom stereocenters. The number of likely N-dealkylation sites (tertiary alicyclic amines) is 1. The molecule has 4 saturated heterocycles. The number of rotatable bonds is 9. The zero-order chi connectivity index (χ0) is 24.7. The van der Waals surface area contributed by atoms with E-state index in [0.29, 0.717) is 39.1 Å². The number of aliphatic hydroxyl groups is 1. The summed E-state index contributed by atoms with van der Waals surface area (Å²) in [5.74, 6) is -2.18. The number of aliphatic hydroxyl groups excluding tert-OH is 1. The van der Waals surface area contributed by atoms with Crippen LogP contribution in [0.3, 0.4) is 0 Å². The van der Waals surface area contributed by atoms with Crippen molar-refractivity contribution in [2.24, 2.45) is 17.8 Å². The molecule has 0 aromatic carbocycles. The highest BCUT2D eigenvalue weighted by Crippen LogP contribution is 2.63. The van der Waals surface area contributed by atoms with Crippen LogP contribution in [0.5, 0.6) is 0 Å². The van der Waals surface area contributed by atoms with Crippen LogP contribution in [0.1, 0.15) is 40.0 Å². The van der Waals surface area contributed by atoms with E-state index in [0.717, 1.165) is 19.5 Å². The van der Waals surface area contributed by atoms with Crippen molar-refractivity contribution in [2.75, 3.05) is 53.0 Å². The maximum Gasteiger partial charge on any atom is 0.245 e. The number of hydrogen-bond donors (Lipinski definition) is 3. The average molecular weight is 481 g/mol. The third kappa shape index (κ3) is 3.92. The first-order chi connectivity index (χ1) is 16.2. The molecule has 4 fully saturated rings. The quantitative estimate of drug-likeness (QED) is 0.401. The summed E-state index contributed by atoms with van der Waals surface area (Å²) in [7, 11) is 1.56. The van der Waals surface area contributed by atoms with Crippen molar-refractivity contribution in [3.8, 4) is 0 Å². The minimum Gasteiger partial charge on any atom is -0.394 e. The maximum atomic E-state index is 14.0. The number of nitrogens with one attached hydrogen (secondary N) is 2. The Morgan fingerprint density at radius 2 is 1.94 bits per heavy atom. The Morgan fingerprint density at radius 1 is 1.24 bits per heavy atom. The molecule has 0 saturated carbocycles. The molecule has 0 aromatic heterocycles. The largest absolute Gasteiger partial charge is 0.394 e. The second kappa shape index (κ2) is 9.72. The minimum absolute atomic E-state index is 0.0148. The number of carbonyl (C=O) groups is 3. The molecule has 3 amide bonds. The van der Waals surface area contributed by atoms with Gasteiger partial charge in [-0.2, -0.15) is 0 Å². The summed E-state index contributed by atoms with van der Waals surface area (Å²) in [5, 5.41) is 16.0. The molecule has 4 aliphatic rings. The number of ether oxygens (including phenoxy) is 2. The van der Waals surface area contributed by atoms with Gasteiger partial charge in [0.15, 0.2) is 0 Å². The van der Waals surface area contributed by atoms with Crippen LogP contribution in [0.4, 0.5) is 0 Å². The van der Waals surface area contributed by atoms with Crippen molar-refractivity contribution < 1.29 is 29.0 Å². The molecule has 2 bridgehead atoms. The number of amides is 3. The molecule has 0 radical (unpaired) electrons. The van der Waals surface area contributed by atoms with Crippen LogP contribution in [-0.2, 0) is 23.9 Å². The molecule has 1 spiro atoms. The Hall–Kier alpha value is -1.75. The summed E-state index contributed by atoms with van der Waals surface area (Å²) in [6.07, 6.45) is 1.88. The van der Waals surface area contributed by atoms with Gasteiger partial charge >= 0.3 is 0 Å². The monoisotopic (exact) mass is 480 g/mol. The van der Waals surface area contributed by atoms with Gasteiger partial charge in [-0.3, -0.25) is 19.3 Å². The molecule has 10 nitrogen and oxygen atoms in total. The number of fused-ring (bicyclic) bond motifs is 1. The summed E-state index contributed by atoms with van der Waals surface area (Å²) in [6.45, 7) is 9.77. The Bertz CT molecular complexity index is 804. The molecule has 3 N–H and O–H groups in total. The van der Waals surface area contributed by atoms with E-state index in [1.165, 1.54) is 0 Å². The first-order valence-corrected chi connectivity index (χ1v) is 12.7. The summed E-state index contributed by atoms with van der Waals surface area (Å²) >= 11 is 0. The highest BCUT2D eigenvalue weighted by Gasteiger charge is 2.78. The number of hydrogen-bond acceptors (Lipinski definition) is 7. The lowest BCUT2D eigenvalue weighted by Crippen LogP contribution is -2.59. The van der Waals surface area contributed by atoms with Gasteiger partial charge in [-0.1, -0.05) is 20.3 Å². The normalized spacial score (nSPS) is 36.9. The lowest BCUT2D eigenvalue weighted by atomic mass is 9.66. The maximum absolute atomic E-state index is 14.0. The molecule has 0 aliphatic carbocycles. The van der Waals surface area contributed by atoms with E-state index in [-0.39, 0.29) is 30.2 Å². The van der Waals surface area contributed by atoms with Gasteiger partial charge in [-0.05, 0) is 25.7 Å². The van der Waals surface area contributed by atoms with E-state index >= 15 is 0 Å². The Balaban J connectivity index is 1.63. The molecular weight excluding hydrogens is 440 g/mol. The summed E-state index contributed by atoms with van der Waals surface area (Å²) < 4.78 is 11.9.